The van der Waals surface area contributed by atoms with Crippen molar-refractivity contribution in [2.75, 3.05) is 5.32 Å². The fraction of sp³-hybridized carbons (Fsp3) is 0.500. The molecule has 160 valence electrons. The number of hydrogen-bond acceptors (Lipinski definition) is 4. The minimum atomic E-state index is -0.271. The molecule has 0 aliphatic heterocycles. The molecule has 0 unspecified atom stereocenters. The highest BCUT2D eigenvalue weighted by Gasteiger charge is 2.51. The minimum Gasteiger partial charge on any atom is -0.326 e. The summed E-state index contributed by atoms with van der Waals surface area (Å²) in [6.45, 7) is 0.421. The number of hydrogen-bond donors (Lipinski definition) is 2. The van der Waals surface area contributed by atoms with Crippen LogP contribution in [0.5, 0.6) is 0 Å². The zero-order chi connectivity index (χ0) is 21.0. The van der Waals surface area contributed by atoms with Gasteiger partial charge in [-0.05, 0) is 79.4 Å². The number of aryl methyl sites for hydroxylation is 1. The summed E-state index contributed by atoms with van der Waals surface area (Å²) in [5.41, 5.74) is 3.20. The van der Waals surface area contributed by atoms with E-state index in [1.807, 2.05) is 0 Å². The Bertz CT molecular complexity index is 1160. The third kappa shape index (κ3) is 3.27. The molecule has 7 nitrogen and oxygen atoms in total. The highest BCUT2D eigenvalue weighted by atomic mass is 16.1. The Balaban J connectivity index is 1.11. The Morgan fingerprint density at radius 3 is 2.42 bits per heavy atom. The lowest BCUT2D eigenvalue weighted by molar-refractivity contribution is -0.116. The SMILES string of the molecule is O=C(CCn1cnc2c(=O)[nH]cnc21)Nc1ccc(C23CC4CC(CC(C4)C2)C3)cc1. The van der Waals surface area contributed by atoms with Crippen LogP contribution in [0.2, 0.25) is 0 Å². The Labute approximate surface area is 180 Å². The fourth-order valence-corrected chi connectivity index (χ4v) is 6.87. The van der Waals surface area contributed by atoms with Crippen molar-refractivity contribution < 1.29 is 4.79 Å². The van der Waals surface area contributed by atoms with E-state index in [2.05, 4.69) is 44.5 Å². The molecule has 0 atom stereocenters. The maximum atomic E-state index is 12.5. The van der Waals surface area contributed by atoms with Gasteiger partial charge >= 0.3 is 0 Å². The lowest BCUT2D eigenvalue weighted by Gasteiger charge is -2.57. The van der Waals surface area contributed by atoms with Crippen molar-refractivity contribution in [3.8, 4) is 0 Å². The molecule has 0 saturated heterocycles. The number of anilines is 1. The predicted octanol–water partition coefficient (Wildman–Crippen LogP) is 3.62. The number of aromatic nitrogens is 4. The summed E-state index contributed by atoms with van der Waals surface area (Å²) in [5, 5.41) is 3.00. The van der Waals surface area contributed by atoms with Gasteiger partial charge in [0.15, 0.2) is 11.2 Å². The number of nitrogens with one attached hydrogen (secondary N) is 2. The fourth-order valence-electron chi connectivity index (χ4n) is 6.87. The Morgan fingerprint density at radius 2 is 1.74 bits per heavy atom. The minimum absolute atomic E-state index is 0.0609. The van der Waals surface area contributed by atoms with Gasteiger partial charge in [-0.25, -0.2) is 9.97 Å². The number of amides is 1. The number of carbonyl (C=O) groups excluding carboxylic acids is 1. The second kappa shape index (κ2) is 7.04. The molecule has 4 saturated carbocycles. The number of H-pyrrole nitrogens is 1. The number of rotatable bonds is 5. The molecule has 0 spiro atoms. The average Bonchev–Trinajstić information content (AvgIpc) is 3.16. The smallest absolute Gasteiger partial charge is 0.278 e. The summed E-state index contributed by atoms with van der Waals surface area (Å²) >= 11 is 0. The largest absolute Gasteiger partial charge is 0.326 e. The average molecular weight is 418 g/mol. The van der Waals surface area contributed by atoms with E-state index in [-0.39, 0.29) is 17.9 Å². The van der Waals surface area contributed by atoms with E-state index in [1.54, 1.807) is 10.9 Å². The van der Waals surface area contributed by atoms with E-state index in [4.69, 9.17) is 0 Å². The zero-order valence-electron chi connectivity index (χ0n) is 17.5. The number of aromatic amines is 1. The van der Waals surface area contributed by atoms with Crippen LogP contribution in [0.25, 0.3) is 11.2 Å². The van der Waals surface area contributed by atoms with Crippen LogP contribution in [0.1, 0.15) is 50.5 Å². The Hall–Kier alpha value is -2.96. The zero-order valence-corrected chi connectivity index (χ0v) is 17.5. The van der Waals surface area contributed by atoms with Crippen LogP contribution in [0.3, 0.4) is 0 Å². The van der Waals surface area contributed by atoms with Crippen molar-refractivity contribution in [2.24, 2.45) is 17.8 Å². The molecule has 2 aromatic heterocycles. The molecular formula is C24H27N5O2. The normalized spacial score (nSPS) is 28.8. The van der Waals surface area contributed by atoms with Crippen molar-refractivity contribution >= 4 is 22.8 Å². The standard InChI is InChI=1S/C24H27N5O2/c30-20(5-6-29-14-27-21-22(29)25-13-26-23(21)31)28-19-3-1-18(2-4-19)24-10-15-7-16(11-24)9-17(8-15)12-24/h1-4,13-17H,5-12H2,(H,28,30)(H,25,26,31). The molecule has 2 heterocycles. The van der Waals surface area contributed by atoms with E-state index >= 15 is 0 Å². The molecular weight excluding hydrogens is 390 g/mol. The first-order valence-corrected chi connectivity index (χ1v) is 11.4. The van der Waals surface area contributed by atoms with Gasteiger partial charge in [-0.2, -0.15) is 0 Å². The van der Waals surface area contributed by atoms with E-state index < -0.39 is 0 Å². The van der Waals surface area contributed by atoms with Crippen LogP contribution in [-0.4, -0.2) is 25.4 Å². The molecule has 4 aliphatic carbocycles. The summed E-state index contributed by atoms with van der Waals surface area (Å²) < 4.78 is 1.74. The number of carbonyl (C=O) groups is 1. The van der Waals surface area contributed by atoms with Crippen LogP contribution in [0.15, 0.2) is 41.7 Å². The molecule has 1 amide bonds. The summed E-state index contributed by atoms with van der Waals surface area (Å²) in [6, 6.07) is 8.59. The van der Waals surface area contributed by atoms with Crippen LogP contribution in [-0.2, 0) is 16.8 Å². The topological polar surface area (TPSA) is 92.7 Å². The lowest BCUT2D eigenvalue weighted by Crippen LogP contribution is -2.48. The van der Waals surface area contributed by atoms with Crippen LogP contribution < -0.4 is 10.9 Å². The van der Waals surface area contributed by atoms with Gasteiger partial charge in [0.25, 0.3) is 5.56 Å². The maximum Gasteiger partial charge on any atom is 0.278 e. The van der Waals surface area contributed by atoms with Crippen LogP contribution >= 0.6 is 0 Å². The molecule has 2 N–H and O–H groups in total. The van der Waals surface area contributed by atoms with E-state index in [0.717, 1.165) is 23.4 Å². The molecule has 31 heavy (non-hydrogen) atoms. The number of benzene rings is 1. The van der Waals surface area contributed by atoms with Gasteiger partial charge in [-0.3, -0.25) is 9.59 Å². The van der Waals surface area contributed by atoms with Gasteiger partial charge in [0, 0.05) is 18.7 Å². The molecule has 7 heteroatoms. The first kappa shape index (κ1) is 18.8. The second-order valence-electron chi connectivity index (χ2n) is 9.92. The van der Waals surface area contributed by atoms with Crippen molar-refractivity contribution in [3.05, 3.63) is 52.8 Å². The van der Waals surface area contributed by atoms with E-state index in [9.17, 15) is 9.59 Å². The quantitative estimate of drug-likeness (QED) is 0.663. The predicted molar refractivity (Wildman–Crippen MR) is 118 cm³/mol. The molecule has 4 fully saturated rings. The molecule has 7 rings (SSSR count). The Kier molecular flexibility index (Phi) is 4.26. The van der Waals surface area contributed by atoms with E-state index in [0.29, 0.717) is 23.1 Å². The maximum absolute atomic E-state index is 12.5. The molecule has 0 radical (unpaired) electrons. The van der Waals surface area contributed by atoms with Gasteiger partial charge in [-0.1, -0.05) is 12.1 Å². The third-order valence-electron chi connectivity index (χ3n) is 7.81. The lowest BCUT2D eigenvalue weighted by atomic mass is 9.48. The van der Waals surface area contributed by atoms with Crippen molar-refractivity contribution in [3.63, 3.8) is 0 Å². The summed E-state index contributed by atoms with van der Waals surface area (Å²) in [4.78, 5) is 35.0. The van der Waals surface area contributed by atoms with Gasteiger partial charge in [0.1, 0.15) is 0 Å². The summed E-state index contributed by atoms with van der Waals surface area (Å²) in [6.07, 6.45) is 11.6. The second-order valence-corrected chi connectivity index (χ2v) is 9.92. The molecule has 4 aliphatic rings. The first-order valence-electron chi connectivity index (χ1n) is 11.4. The third-order valence-corrected chi connectivity index (χ3v) is 7.81. The summed E-state index contributed by atoms with van der Waals surface area (Å²) in [7, 11) is 0. The molecule has 3 aromatic rings. The van der Waals surface area contributed by atoms with E-state index in [1.165, 1.54) is 50.4 Å². The Morgan fingerprint density at radius 1 is 1.06 bits per heavy atom. The van der Waals surface area contributed by atoms with Crippen LogP contribution in [0, 0.1) is 17.8 Å². The van der Waals surface area contributed by atoms with Gasteiger partial charge < -0.3 is 14.9 Å². The van der Waals surface area contributed by atoms with Gasteiger partial charge in [0.2, 0.25) is 5.91 Å². The van der Waals surface area contributed by atoms with Crippen molar-refractivity contribution in [1.29, 1.82) is 0 Å². The number of nitrogens with zero attached hydrogens (tertiary/aromatic N) is 3. The van der Waals surface area contributed by atoms with Crippen LogP contribution in [0.4, 0.5) is 5.69 Å². The number of imidazole rings is 1. The van der Waals surface area contributed by atoms with Crippen molar-refractivity contribution in [2.45, 2.75) is 56.9 Å². The van der Waals surface area contributed by atoms with Crippen molar-refractivity contribution in [1.82, 2.24) is 19.5 Å². The molecule has 4 bridgehead atoms. The van der Waals surface area contributed by atoms with Gasteiger partial charge in [-0.15, -0.1) is 0 Å². The monoisotopic (exact) mass is 417 g/mol. The summed E-state index contributed by atoms with van der Waals surface area (Å²) in [5.74, 6) is 2.72. The first-order chi connectivity index (χ1) is 15.1. The highest BCUT2D eigenvalue weighted by molar-refractivity contribution is 5.90. The van der Waals surface area contributed by atoms with Gasteiger partial charge in [0.05, 0.1) is 12.7 Å². The molecule has 1 aromatic carbocycles. The number of fused-ring (bicyclic) bond motifs is 1. The highest BCUT2D eigenvalue weighted by Crippen LogP contribution is 2.60.